The Morgan fingerprint density at radius 3 is 1.21 bits per heavy atom. The molecule has 0 atom stereocenters. The minimum atomic E-state index is -0.103. The summed E-state index contributed by atoms with van der Waals surface area (Å²) in [5, 5.41) is 0. The van der Waals surface area contributed by atoms with Crippen LogP contribution in [0.25, 0.3) is 0 Å². The molecule has 0 aliphatic carbocycles. The summed E-state index contributed by atoms with van der Waals surface area (Å²) in [5.41, 5.74) is 16.2. The van der Waals surface area contributed by atoms with E-state index in [0.717, 1.165) is 0 Å². The van der Waals surface area contributed by atoms with Gasteiger partial charge in [-0.05, 0) is 78.1 Å². The summed E-state index contributed by atoms with van der Waals surface area (Å²) in [6.07, 6.45) is 0. The van der Waals surface area contributed by atoms with E-state index in [2.05, 4.69) is 186 Å². The Morgan fingerprint density at radius 2 is 0.872 bits per heavy atom. The van der Waals surface area contributed by atoms with Crippen LogP contribution in [0.4, 0.5) is 22.7 Å². The van der Waals surface area contributed by atoms with Crippen LogP contribution in [0.5, 0.6) is 0 Å². The zero-order valence-corrected chi connectivity index (χ0v) is 31.9. The van der Waals surface area contributed by atoms with Crippen molar-refractivity contribution < 1.29 is 0 Å². The van der Waals surface area contributed by atoms with E-state index in [4.69, 9.17) is 0 Å². The predicted molar refractivity (Wildman–Crippen MR) is 208 cm³/mol. The van der Waals surface area contributed by atoms with Gasteiger partial charge in [0.15, 0.2) is 0 Å². The molecular weight excluding hydrogens is 567 g/mol. The number of fused-ring (bicyclic) bond motifs is 4. The first-order valence-corrected chi connectivity index (χ1v) is 17.6. The highest BCUT2D eigenvalue weighted by Gasteiger charge is 2.48. The molecule has 2 aliphatic rings. The number of benzene rings is 4. The monoisotopic (exact) mass is 624 g/mol. The molecule has 0 aromatic heterocycles. The summed E-state index contributed by atoms with van der Waals surface area (Å²) in [4.78, 5) is 5.30. The molecule has 0 N–H and O–H groups in total. The third-order valence-corrected chi connectivity index (χ3v) is 10.8. The Labute approximate surface area is 286 Å². The van der Waals surface area contributed by atoms with Crippen LogP contribution in [0, 0.1) is 0 Å². The van der Waals surface area contributed by atoms with Gasteiger partial charge in [0.25, 0.3) is 0 Å². The van der Waals surface area contributed by atoms with Crippen LogP contribution in [0.2, 0.25) is 0 Å². The Bertz CT molecular complexity index is 1730. The molecule has 0 radical (unpaired) electrons. The summed E-state index contributed by atoms with van der Waals surface area (Å²) in [5.74, 6) is 0. The van der Waals surface area contributed by atoms with Gasteiger partial charge in [-0.15, -0.1) is 0 Å². The van der Waals surface area contributed by atoms with E-state index in [0.29, 0.717) is 0 Å². The Morgan fingerprint density at radius 1 is 0.511 bits per heavy atom. The van der Waals surface area contributed by atoms with E-state index in [-0.39, 0.29) is 33.9 Å². The Balaban J connectivity index is 1.85. The Hall–Kier alpha value is -3.46. The fourth-order valence-electron chi connectivity index (χ4n) is 7.97. The van der Waals surface area contributed by atoms with Gasteiger partial charge in [-0.1, -0.05) is 158 Å². The van der Waals surface area contributed by atoms with E-state index < -0.39 is 0 Å². The summed E-state index contributed by atoms with van der Waals surface area (Å²) >= 11 is 0. The van der Waals surface area contributed by atoms with Crippen molar-refractivity contribution in [3.63, 3.8) is 0 Å². The molecule has 0 saturated carbocycles. The SMILES string of the molecule is CN1c2cc(C(C)(C)C)cc(C(C)(C)C)c2N(B2c3ccccc3C(C)(C)c3ccccc32)c2c1cc(C(C)(C)C)cc2C(C)(C)C. The summed E-state index contributed by atoms with van der Waals surface area (Å²) < 4.78 is 0. The third kappa shape index (κ3) is 5.33. The maximum atomic E-state index is 2.79. The van der Waals surface area contributed by atoms with Gasteiger partial charge in [0.1, 0.15) is 0 Å². The maximum absolute atomic E-state index is 2.79. The van der Waals surface area contributed by atoms with Gasteiger partial charge in [-0.3, -0.25) is 0 Å². The molecule has 4 aromatic carbocycles. The lowest BCUT2D eigenvalue weighted by Crippen LogP contribution is -2.63. The van der Waals surface area contributed by atoms with E-state index >= 15 is 0 Å². The molecule has 0 spiro atoms. The van der Waals surface area contributed by atoms with Gasteiger partial charge in [0, 0.05) is 12.5 Å². The van der Waals surface area contributed by atoms with E-state index in [9.17, 15) is 0 Å². The van der Waals surface area contributed by atoms with Crippen molar-refractivity contribution in [2.24, 2.45) is 0 Å². The van der Waals surface area contributed by atoms with Gasteiger partial charge in [-0.25, -0.2) is 0 Å². The molecule has 246 valence electrons. The normalized spacial score (nSPS) is 16.0. The number of hydrogen-bond donors (Lipinski definition) is 0. The summed E-state index contributed by atoms with van der Waals surface area (Å²) in [7, 11) is 2.30. The molecule has 47 heavy (non-hydrogen) atoms. The van der Waals surface area contributed by atoms with Crippen molar-refractivity contribution in [1.29, 1.82) is 0 Å². The second-order valence-corrected chi connectivity index (χ2v) is 18.9. The first-order valence-electron chi connectivity index (χ1n) is 17.6. The van der Waals surface area contributed by atoms with Gasteiger partial charge >= 0.3 is 6.85 Å². The molecular formula is C44H57BN2. The van der Waals surface area contributed by atoms with Gasteiger partial charge in [0.05, 0.1) is 22.7 Å². The highest BCUT2D eigenvalue weighted by molar-refractivity contribution is 6.90. The summed E-state index contributed by atoms with van der Waals surface area (Å²) in [6.45, 7) is 33.3. The van der Waals surface area contributed by atoms with Gasteiger partial charge < -0.3 is 9.71 Å². The highest BCUT2D eigenvalue weighted by atomic mass is 15.2. The van der Waals surface area contributed by atoms with Gasteiger partial charge in [0.2, 0.25) is 0 Å². The molecule has 0 saturated heterocycles. The van der Waals surface area contributed by atoms with Gasteiger partial charge in [-0.2, -0.15) is 0 Å². The number of hydrogen-bond acceptors (Lipinski definition) is 2. The summed E-state index contributed by atoms with van der Waals surface area (Å²) in [6, 6.07) is 28.5. The van der Waals surface area contributed by atoms with Crippen LogP contribution >= 0.6 is 0 Å². The highest BCUT2D eigenvalue weighted by Crippen LogP contribution is 2.56. The average molecular weight is 625 g/mol. The molecule has 0 bridgehead atoms. The molecule has 4 aromatic rings. The van der Waals surface area contributed by atoms with Crippen molar-refractivity contribution in [1.82, 2.24) is 0 Å². The minimum Gasteiger partial charge on any atom is -0.373 e. The fourth-order valence-corrected chi connectivity index (χ4v) is 7.97. The molecule has 3 heteroatoms. The maximum Gasteiger partial charge on any atom is 0.328 e. The second kappa shape index (κ2) is 10.5. The predicted octanol–water partition coefficient (Wildman–Crippen LogP) is 10.5. The van der Waals surface area contributed by atoms with E-state index in [1.807, 2.05) is 0 Å². The molecule has 2 nitrogen and oxygen atoms in total. The average Bonchev–Trinajstić information content (AvgIpc) is 2.96. The van der Waals surface area contributed by atoms with E-state index in [1.54, 1.807) is 0 Å². The smallest absolute Gasteiger partial charge is 0.328 e. The number of rotatable bonds is 1. The quantitative estimate of drug-likeness (QED) is 0.195. The molecule has 2 aliphatic heterocycles. The molecule has 6 rings (SSSR count). The largest absolute Gasteiger partial charge is 0.373 e. The van der Waals surface area contributed by atoms with Crippen molar-refractivity contribution in [2.75, 3.05) is 16.8 Å². The van der Waals surface area contributed by atoms with Crippen LogP contribution < -0.4 is 20.6 Å². The van der Waals surface area contributed by atoms with Crippen molar-refractivity contribution in [3.05, 3.63) is 106 Å². The van der Waals surface area contributed by atoms with Crippen LogP contribution in [0.1, 0.15) is 130 Å². The van der Waals surface area contributed by atoms with Crippen molar-refractivity contribution in [3.8, 4) is 0 Å². The van der Waals surface area contributed by atoms with Crippen LogP contribution in [0.15, 0.2) is 72.8 Å². The lowest BCUT2D eigenvalue weighted by atomic mass is 9.40. The topological polar surface area (TPSA) is 6.48 Å². The fraction of sp³-hybridized carbons (Fsp3) is 0.455. The molecule has 0 amide bonds. The zero-order valence-electron chi connectivity index (χ0n) is 31.9. The Kier molecular flexibility index (Phi) is 7.49. The molecule has 0 unspecified atom stereocenters. The lowest BCUT2D eigenvalue weighted by Gasteiger charge is -2.50. The number of nitrogens with zero attached hydrogens (tertiary/aromatic N) is 2. The molecule has 2 heterocycles. The van der Waals surface area contributed by atoms with Crippen LogP contribution in [-0.4, -0.2) is 13.9 Å². The minimum absolute atomic E-state index is 0.0128. The number of anilines is 4. The first-order chi connectivity index (χ1) is 21.5. The molecule has 0 fully saturated rings. The lowest BCUT2D eigenvalue weighted by molar-refractivity contribution is 0.566. The van der Waals surface area contributed by atoms with Crippen LogP contribution in [0.3, 0.4) is 0 Å². The van der Waals surface area contributed by atoms with Crippen molar-refractivity contribution in [2.45, 2.75) is 124 Å². The third-order valence-electron chi connectivity index (χ3n) is 10.8. The van der Waals surface area contributed by atoms with Crippen LogP contribution in [-0.2, 0) is 27.1 Å². The second-order valence-electron chi connectivity index (χ2n) is 18.9. The van der Waals surface area contributed by atoms with E-state index in [1.165, 1.54) is 67.1 Å². The van der Waals surface area contributed by atoms with Crippen molar-refractivity contribution >= 4 is 40.5 Å². The first kappa shape index (κ1) is 33.4. The standard InChI is InChI=1S/C44H57BN2/c1-40(2,3)28-24-32(42(7,8)9)38-36(26-28)46(15)37-27-29(41(4,5)6)25-33(43(10,11)12)39(37)47(38)45-34-22-18-16-20-30(34)44(13,14)31-21-17-19-23-35(31)45/h16-27H,1-15H3. The zero-order chi connectivity index (χ0) is 34.6.